The summed E-state index contributed by atoms with van der Waals surface area (Å²) in [4.78, 5) is 2.07. The molecule has 0 saturated carbocycles. The first kappa shape index (κ1) is 28.9. The van der Waals surface area contributed by atoms with E-state index in [-0.39, 0.29) is 39.6 Å². The number of aliphatic hydroxyl groups is 6. The Morgan fingerprint density at radius 1 is 0.542 bits per heavy atom. The van der Waals surface area contributed by atoms with Crippen LogP contribution in [0.25, 0.3) is 0 Å². The second kappa shape index (κ2) is 25.4. The fourth-order valence-electron chi connectivity index (χ4n) is 1.70. The van der Waals surface area contributed by atoms with Crippen molar-refractivity contribution < 1.29 is 69.8 Å². The molecule has 0 aromatic heterocycles. The third-order valence-electron chi connectivity index (χ3n) is 2.79. The Morgan fingerprint density at radius 2 is 0.667 bits per heavy atom. The number of hydrogen-bond donors (Lipinski definition) is 8. The number of hydrogen-bond acceptors (Lipinski definition) is 9. The average molecular weight is 396 g/mol. The Morgan fingerprint density at radius 3 is 0.750 bits per heavy atom. The van der Waals surface area contributed by atoms with Crippen LogP contribution in [0.2, 0.25) is 0 Å². The average Bonchev–Trinajstić information content (AvgIpc) is 2.49. The molecular formula is C12H32N2O9Ti. The molecule has 0 radical (unpaired) electrons. The first-order valence-corrected chi connectivity index (χ1v) is 9.54. The normalized spacial score (nSPS) is 10.1. The molecule has 0 aromatic carbocycles. The van der Waals surface area contributed by atoms with Gasteiger partial charge in [0.25, 0.3) is 0 Å². The van der Waals surface area contributed by atoms with Crippen LogP contribution >= 0.6 is 0 Å². The molecule has 0 fully saturated rings. The predicted molar refractivity (Wildman–Crippen MR) is 74.3 cm³/mol. The Labute approximate surface area is 149 Å². The number of nitrogens with one attached hydrogen (secondary N) is 2. The van der Waals surface area contributed by atoms with Crippen molar-refractivity contribution in [1.82, 2.24) is 0 Å². The third-order valence-corrected chi connectivity index (χ3v) is 2.79. The Kier molecular flexibility index (Phi) is 30.5. The minimum absolute atomic E-state index is 0.106. The second-order valence-corrected chi connectivity index (χ2v) is 5.37. The minimum atomic E-state index is -4.08. The summed E-state index contributed by atoms with van der Waals surface area (Å²) in [5.74, 6) is 0. The van der Waals surface area contributed by atoms with Crippen molar-refractivity contribution in [2.45, 2.75) is 0 Å². The van der Waals surface area contributed by atoms with Gasteiger partial charge in [0.2, 0.25) is 0 Å². The topological polar surface area (TPSA) is 193 Å². The molecule has 0 aliphatic rings. The molecule has 12 heteroatoms. The van der Waals surface area contributed by atoms with E-state index in [2.05, 4.69) is 0 Å². The molecular weight excluding hydrogens is 364 g/mol. The molecule has 0 aromatic rings. The first-order chi connectivity index (χ1) is 11.4. The molecule has 8 N–H and O–H groups in total. The van der Waals surface area contributed by atoms with E-state index in [1.807, 2.05) is 0 Å². The summed E-state index contributed by atoms with van der Waals surface area (Å²) in [5, 5.41) is 51.0. The summed E-state index contributed by atoms with van der Waals surface area (Å²) in [6.45, 7) is 4.23. The molecule has 11 nitrogen and oxygen atoms in total. The molecule has 0 amide bonds. The van der Waals surface area contributed by atoms with Gasteiger partial charge < -0.3 is 40.4 Å². The predicted octanol–water partition coefficient (Wildman–Crippen LogP) is -8.80. The van der Waals surface area contributed by atoms with Crippen LogP contribution in [0.1, 0.15) is 0 Å². The summed E-state index contributed by atoms with van der Waals surface area (Å²) in [7, 11) is 0. The molecule has 0 aliphatic heterocycles. The van der Waals surface area contributed by atoms with Crippen LogP contribution in [-0.2, 0) is 21.9 Å². The van der Waals surface area contributed by atoms with Crippen LogP contribution in [0, 0.1) is 0 Å². The fraction of sp³-hybridized carbons (Fsp3) is 1.00. The van der Waals surface area contributed by atoms with Gasteiger partial charge in [-0.3, -0.25) is 0 Å². The summed E-state index contributed by atoms with van der Waals surface area (Å²) in [6, 6.07) is 0. The zero-order valence-electron chi connectivity index (χ0n) is 13.9. The molecule has 0 unspecified atom stereocenters. The zero-order chi connectivity index (χ0) is 19.2. The Balaban J connectivity index is -0.000000301. The van der Waals surface area contributed by atoms with Crippen molar-refractivity contribution in [2.75, 3.05) is 78.9 Å². The molecule has 148 valence electrons. The quantitative estimate of drug-likeness (QED) is 0.148. The van der Waals surface area contributed by atoms with Crippen molar-refractivity contribution in [2.24, 2.45) is 0 Å². The summed E-state index contributed by atoms with van der Waals surface area (Å²) in [6.07, 6.45) is 0. The van der Waals surface area contributed by atoms with Crippen LogP contribution in [0.15, 0.2) is 0 Å². The number of quaternary nitrogens is 2. The van der Waals surface area contributed by atoms with E-state index in [1.165, 1.54) is 0 Å². The monoisotopic (exact) mass is 396 g/mol. The maximum absolute atomic E-state index is 8.58. The van der Waals surface area contributed by atoms with Gasteiger partial charge in [0.1, 0.15) is 39.3 Å². The SMILES string of the molecule is OCC[NH+](CCO)CCO.OCC[NH+](CCO)CCO.[O]=[Ti]([O-])[O-]. The van der Waals surface area contributed by atoms with Gasteiger partial charge in [-0.15, -0.1) is 0 Å². The van der Waals surface area contributed by atoms with Gasteiger partial charge >= 0.3 is 29.3 Å². The van der Waals surface area contributed by atoms with Crippen molar-refractivity contribution in [3.05, 3.63) is 0 Å². The van der Waals surface area contributed by atoms with E-state index in [0.29, 0.717) is 39.3 Å². The van der Waals surface area contributed by atoms with Crippen molar-refractivity contribution >= 4 is 0 Å². The van der Waals surface area contributed by atoms with Crippen LogP contribution < -0.4 is 17.2 Å². The standard InChI is InChI=1S/2C6H15NO3.3O.Ti/c2*8-4-1-7(2-5-9)3-6-10;;;;/h2*8-10H,1-6H2;;;;/q;;;2*-1;/p+2. The van der Waals surface area contributed by atoms with E-state index in [0.717, 1.165) is 9.80 Å². The maximum atomic E-state index is 8.58. The summed E-state index contributed by atoms with van der Waals surface area (Å²) in [5.41, 5.74) is 0. The molecule has 0 saturated heterocycles. The molecule has 0 atom stereocenters. The Hall–Kier alpha value is 0.114. The van der Waals surface area contributed by atoms with Gasteiger partial charge in [0.15, 0.2) is 0 Å². The molecule has 0 rings (SSSR count). The van der Waals surface area contributed by atoms with Gasteiger partial charge in [0.05, 0.1) is 39.6 Å². The number of rotatable bonds is 12. The Bertz CT molecular complexity index is 202. The van der Waals surface area contributed by atoms with Gasteiger partial charge in [-0.1, -0.05) is 0 Å². The van der Waals surface area contributed by atoms with Crippen LogP contribution in [0.3, 0.4) is 0 Å². The van der Waals surface area contributed by atoms with Crippen LogP contribution in [-0.4, -0.2) is 110 Å². The van der Waals surface area contributed by atoms with E-state index in [1.54, 1.807) is 0 Å². The van der Waals surface area contributed by atoms with Gasteiger partial charge in [0, 0.05) is 0 Å². The molecule has 0 spiro atoms. The van der Waals surface area contributed by atoms with Crippen molar-refractivity contribution in [1.29, 1.82) is 0 Å². The van der Waals surface area contributed by atoms with Gasteiger partial charge in [-0.05, 0) is 0 Å². The summed E-state index contributed by atoms with van der Waals surface area (Å²) < 4.78 is 25.8. The molecule has 0 aliphatic carbocycles. The first-order valence-electron chi connectivity index (χ1n) is 7.63. The van der Waals surface area contributed by atoms with E-state index in [4.69, 9.17) is 41.3 Å². The van der Waals surface area contributed by atoms with E-state index < -0.39 is 18.6 Å². The van der Waals surface area contributed by atoms with Gasteiger partial charge in [-0.25, -0.2) is 0 Å². The zero-order valence-corrected chi connectivity index (χ0v) is 15.5. The van der Waals surface area contributed by atoms with E-state index >= 15 is 0 Å². The van der Waals surface area contributed by atoms with Crippen LogP contribution in [0.4, 0.5) is 0 Å². The number of aliphatic hydroxyl groups excluding tert-OH is 6. The fourth-order valence-corrected chi connectivity index (χ4v) is 1.70. The van der Waals surface area contributed by atoms with Crippen molar-refractivity contribution in [3.8, 4) is 0 Å². The van der Waals surface area contributed by atoms with Crippen molar-refractivity contribution in [3.63, 3.8) is 0 Å². The summed E-state index contributed by atoms with van der Waals surface area (Å²) >= 11 is -4.08. The van der Waals surface area contributed by atoms with Gasteiger partial charge in [-0.2, -0.15) is 0 Å². The third kappa shape index (κ3) is 30.0. The molecule has 0 bridgehead atoms. The van der Waals surface area contributed by atoms with Crippen LogP contribution in [0.5, 0.6) is 0 Å². The van der Waals surface area contributed by atoms with E-state index in [9.17, 15) is 0 Å². The second-order valence-electron chi connectivity index (χ2n) is 4.59. The molecule has 24 heavy (non-hydrogen) atoms. The molecule has 0 heterocycles.